The molecule has 0 saturated heterocycles. The van der Waals surface area contributed by atoms with E-state index in [-0.39, 0.29) is 18.1 Å². The number of aromatic carboxylic acids is 1. The summed E-state index contributed by atoms with van der Waals surface area (Å²) >= 11 is 2.15. The van der Waals surface area contributed by atoms with Crippen molar-refractivity contribution in [2.45, 2.75) is 13.5 Å². The fraction of sp³-hybridized carbons (Fsp3) is 0.167. The molecule has 3 N–H and O–H groups in total. The molecule has 32 heavy (non-hydrogen) atoms. The van der Waals surface area contributed by atoms with Crippen molar-refractivity contribution in [2.75, 3.05) is 23.8 Å². The van der Waals surface area contributed by atoms with Gasteiger partial charge in [0, 0.05) is 17.9 Å². The zero-order chi connectivity index (χ0) is 22.9. The van der Waals surface area contributed by atoms with E-state index in [1.165, 1.54) is 0 Å². The van der Waals surface area contributed by atoms with Crippen molar-refractivity contribution in [3.63, 3.8) is 0 Å². The average Bonchev–Trinajstić information content (AvgIpc) is 2.78. The number of benzene rings is 3. The molecule has 166 valence electrons. The van der Waals surface area contributed by atoms with Crippen molar-refractivity contribution in [1.29, 1.82) is 0 Å². The number of carboxylic acid groups (broad SMARTS) is 1. The van der Waals surface area contributed by atoms with Gasteiger partial charge in [-0.1, -0.05) is 24.3 Å². The highest BCUT2D eigenvalue weighted by Gasteiger charge is 2.14. The number of rotatable bonds is 10. The summed E-state index contributed by atoms with van der Waals surface area (Å²) in [5.74, 6) is -0.187. The number of carbonyl (C=O) groups is 2. The van der Waals surface area contributed by atoms with Gasteiger partial charge < -0.3 is 25.2 Å². The van der Waals surface area contributed by atoms with Gasteiger partial charge in [0.25, 0.3) is 5.91 Å². The summed E-state index contributed by atoms with van der Waals surface area (Å²) in [6, 6.07) is 19.6. The summed E-state index contributed by atoms with van der Waals surface area (Å²) in [6.45, 7) is 2.64. The summed E-state index contributed by atoms with van der Waals surface area (Å²) in [6.07, 6.45) is 0. The molecule has 0 fully saturated rings. The first-order valence-corrected chi connectivity index (χ1v) is 11.0. The van der Waals surface area contributed by atoms with Gasteiger partial charge in [-0.3, -0.25) is 4.79 Å². The molecule has 7 nitrogen and oxygen atoms in total. The topological polar surface area (TPSA) is 96.9 Å². The number of carbonyl (C=O) groups excluding carboxylic acids is 1. The highest BCUT2D eigenvalue weighted by Crippen LogP contribution is 2.34. The van der Waals surface area contributed by atoms with Gasteiger partial charge in [-0.05, 0) is 77.5 Å². The van der Waals surface area contributed by atoms with Crippen molar-refractivity contribution < 1.29 is 24.2 Å². The zero-order valence-corrected chi connectivity index (χ0v) is 19.6. The first-order valence-electron chi connectivity index (χ1n) is 9.96. The van der Waals surface area contributed by atoms with E-state index in [0.29, 0.717) is 36.0 Å². The van der Waals surface area contributed by atoms with Gasteiger partial charge >= 0.3 is 5.97 Å². The Morgan fingerprint density at radius 2 is 1.72 bits per heavy atom. The maximum atomic E-state index is 12.2. The molecule has 0 aliphatic carbocycles. The van der Waals surface area contributed by atoms with Crippen LogP contribution in [0.4, 0.5) is 11.4 Å². The molecule has 0 unspecified atom stereocenters. The minimum Gasteiger partial charge on any atom is -0.490 e. The predicted molar refractivity (Wildman–Crippen MR) is 132 cm³/mol. The lowest BCUT2D eigenvalue weighted by molar-refractivity contribution is -0.118. The van der Waals surface area contributed by atoms with E-state index in [1.807, 2.05) is 43.3 Å². The summed E-state index contributed by atoms with van der Waals surface area (Å²) in [7, 11) is 0. The third-order valence-corrected chi connectivity index (χ3v) is 5.18. The second-order valence-electron chi connectivity index (χ2n) is 6.78. The Bertz CT molecular complexity index is 1090. The Morgan fingerprint density at radius 1 is 0.969 bits per heavy atom. The number of ether oxygens (including phenoxy) is 2. The minimum atomic E-state index is -0.973. The van der Waals surface area contributed by atoms with E-state index in [1.54, 1.807) is 30.3 Å². The molecule has 0 aliphatic rings. The maximum absolute atomic E-state index is 12.2. The van der Waals surface area contributed by atoms with E-state index < -0.39 is 5.97 Å². The first kappa shape index (κ1) is 23.4. The van der Waals surface area contributed by atoms with Crippen LogP contribution in [0.15, 0.2) is 66.7 Å². The van der Waals surface area contributed by atoms with Crippen molar-refractivity contribution >= 4 is 45.8 Å². The largest absolute Gasteiger partial charge is 0.490 e. The number of hydrogen-bond acceptors (Lipinski definition) is 5. The first-order chi connectivity index (χ1) is 15.5. The van der Waals surface area contributed by atoms with Crippen LogP contribution in [0.3, 0.4) is 0 Å². The van der Waals surface area contributed by atoms with Gasteiger partial charge in [-0.2, -0.15) is 0 Å². The number of anilines is 2. The van der Waals surface area contributed by atoms with E-state index >= 15 is 0 Å². The van der Waals surface area contributed by atoms with Crippen LogP contribution in [-0.2, 0) is 11.3 Å². The highest BCUT2D eigenvalue weighted by molar-refractivity contribution is 14.1. The Kier molecular flexibility index (Phi) is 8.32. The lowest BCUT2D eigenvalue weighted by atomic mass is 10.1. The van der Waals surface area contributed by atoms with Crippen LogP contribution in [0.1, 0.15) is 22.8 Å². The van der Waals surface area contributed by atoms with Gasteiger partial charge in [0.2, 0.25) is 0 Å². The van der Waals surface area contributed by atoms with Crippen molar-refractivity contribution in [3.05, 3.63) is 81.4 Å². The number of amides is 1. The zero-order valence-electron chi connectivity index (χ0n) is 17.4. The van der Waals surface area contributed by atoms with Gasteiger partial charge in [-0.25, -0.2) is 4.79 Å². The Labute approximate surface area is 199 Å². The van der Waals surface area contributed by atoms with Gasteiger partial charge in [0.1, 0.15) is 0 Å². The molecule has 0 radical (unpaired) electrons. The molecule has 3 aromatic carbocycles. The molecular formula is C24H23IN2O5. The van der Waals surface area contributed by atoms with Crippen LogP contribution in [0.25, 0.3) is 0 Å². The van der Waals surface area contributed by atoms with Crippen molar-refractivity contribution in [2.24, 2.45) is 0 Å². The Balaban J connectivity index is 1.68. The van der Waals surface area contributed by atoms with E-state index in [4.69, 9.17) is 14.6 Å². The highest BCUT2D eigenvalue weighted by atomic mass is 127. The van der Waals surface area contributed by atoms with Crippen molar-refractivity contribution in [1.82, 2.24) is 0 Å². The normalized spacial score (nSPS) is 10.3. The molecule has 0 spiro atoms. The average molecular weight is 546 g/mol. The van der Waals surface area contributed by atoms with Crippen LogP contribution in [-0.4, -0.2) is 30.2 Å². The fourth-order valence-corrected chi connectivity index (χ4v) is 3.77. The Hall–Kier alpha value is -3.27. The molecule has 8 heteroatoms. The lowest BCUT2D eigenvalue weighted by Gasteiger charge is -2.16. The van der Waals surface area contributed by atoms with Crippen LogP contribution in [0, 0.1) is 3.57 Å². The van der Waals surface area contributed by atoms with Crippen molar-refractivity contribution in [3.8, 4) is 11.5 Å². The molecule has 0 saturated carbocycles. The summed E-state index contributed by atoms with van der Waals surface area (Å²) in [5, 5.41) is 15.2. The standard InChI is InChI=1S/C24H23IN2O5/c1-2-31-21-12-16(14-26-19-10-6-7-17(13-19)24(29)30)11-20(25)23(21)32-15-22(28)27-18-8-4-3-5-9-18/h3-13,26H,2,14-15H2,1H3,(H,27,28)(H,29,30). The molecule has 1 amide bonds. The maximum Gasteiger partial charge on any atom is 0.335 e. The van der Waals surface area contributed by atoms with E-state index in [0.717, 1.165) is 9.13 Å². The molecule has 0 aliphatic heterocycles. The van der Waals surface area contributed by atoms with Crippen LogP contribution < -0.4 is 20.1 Å². The second kappa shape index (κ2) is 11.4. The fourth-order valence-electron chi connectivity index (χ4n) is 2.95. The monoisotopic (exact) mass is 546 g/mol. The molecule has 3 aromatic rings. The van der Waals surface area contributed by atoms with Gasteiger partial charge in [0.05, 0.1) is 15.7 Å². The number of para-hydroxylation sites is 1. The van der Waals surface area contributed by atoms with E-state index in [9.17, 15) is 9.59 Å². The predicted octanol–water partition coefficient (Wildman–Crippen LogP) is 5.02. The molecular weight excluding hydrogens is 523 g/mol. The van der Waals surface area contributed by atoms with Crippen LogP contribution >= 0.6 is 22.6 Å². The third kappa shape index (κ3) is 6.61. The quantitative estimate of drug-likeness (QED) is 0.309. The number of hydrogen-bond donors (Lipinski definition) is 3. The summed E-state index contributed by atoms with van der Waals surface area (Å²) in [5.41, 5.74) is 2.56. The minimum absolute atomic E-state index is 0.148. The smallest absolute Gasteiger partial charge is 0.335 e. The summed E-state index contributed by atoms with van der Waals surface area (Å²) in [4.78, 5) is 23.4. The summed E-state index contributed by atoms with van der Waals surface area (Å²) < 4.78 is 12.3. The third-order valence-electron chi connectivity index (χ3n) is 4.38. The molecule has 0 atom stereocenters. The van der Waals surface area contributed by atoms with Crippen LogP contribution in [0.5, 0.6) is 11.5 Å². The SMILES string of the molecule is CCOc1cc(CNc2cccc(C(=O)O)c2)cc(I)c1OCC(=O)Nc1ccccc1. The molecule has 0 heterocycles. The molecule has 3 rings (SSSR count). The van der Waals surface area contributed by atoms with E-state index in [2.05, 4.69) is 33.2 Å². The molecule has 0 aromatic heterocycles. The van der Waals surface area contributed by atoms with Gasteiger partial charge in [-0.15, -0.1) is 0 Å². The number of carboxylic acids is 1. The second-order valence-corrected chi connectivity index (χ2v) is 7.94. The number of halogens is 1. The Morgan fingerprint density at radius 3 is 2.44 bits per heavy atom. The lowest BCUT2D eigenvalue weighted by Crippen LogP contribution is -2.20. The molecule has 0 bridgehead atoms. The number of nitrogens with one attached hydrogen (secondary N) is 2. The van der Waals surface area contributed by atoms with Gasteiger partial charge in [0.15, 0.2) is 18.1 Å². The van der Waals surface area contributed by atoms with Crippen LogP contribution in [0.2, 0.25) is 0 Å².